The first-order valence-electron chi connectivity index (χ1n) is 5.41. The molecule has 0 bridgehead atoms. The van der Waals surface area contributed by atoms with Gasteiger partial charge in [-0.25, -0.2) is 0 Å². The highest BCUT2D eigenvalue weighted by atomic mass is 16.5. The summed E-state index contributed by atoms with van der Waals surface area (Å²) in [6.07, 6.45) is 1.31. The maximum Gasteiger partial charge on any atom is 0.207 e. The second-order valence-electron chi connectivity index (χ2n) is 3.95. The smallest absolute Gasteiger partial charge is 0.207 e. The molecule has 0 spiro atoms. The number of para-hydroxylation sites is 1. The van der Waals surface area contributed by atoms with Gasteiger partial charge in [-0.05, 0) is 17.5 Å². The van der Waals surface area contributed by atoms with Crippen LogP contribution in [0, 0.1) is 0 Å². The Labute approximate surface area is 99.9 Å². The topological polar surface area (TPSA) is 60.8 Å². The van der Waals surface area contributed by atoms with Crippen LogP contribution in [-0.4, -0.2) is 27.5 Å². The molecule has 1 aromatic carbocycles. The third-order valence-corrected chi connectivity index (χ3v) is 2.52. The van der Waals surface area contributed by atoms with Crippen LogP contribution in [0.1, 0.15) is 25.3 Å². The summed E-state index contributed by atoms with van der Waals surface area (Å²) in [4.78, 5) is 0. The van der Waals surface area contributed by atoms with E-state index in [0.717, 1.165) is 16.9 Å². The van der Waals surface area contributed by atoms with E-state index in [0.29, 0.717) is 11.7 Å². The molecule has 1 aromatic heterocycles. The normalized spacial score (nSPS) is 10.6. The quantitative estimate of drug-likeness (QED) is 0.807. The third kappa shape index (κ3) is 2.22. The van der Waals surface area contributed by atoms with Crippen molar-refractivity contribution in [1.82, 2.24) is 20.4 Å². The Morgan fingerprint density at radius 3 is 2.41 bits per heavy atom. The molecule has 17 heavy (non-hydrogen) atoms. The van der Waals surface area contributed by atoms with E-state index in [1.807, 2.05) is 18.2 Å². The number of nitrogens with zero attached hydrogens (tertiary/aromatic N) is 4. The zero-order valence-corrected chi connectivity index (χ0v) is 10.1. The predicted octanol–water partition coefficient (Wildman–Crippen LogP) is 2.07. The number of hydrogen-bond acceptors (Lipinski definition) is 5. The van der Waals surface area contributed by atoms with Gasteiger partial charge in [0.1, 0.15) is 5.75 Å². The lowest BCUT2D eigenvalue weighted by Gasteiger charge is -2.14. The van der Waals surface area contributed by atoms with Gasteiger partial charge in [0.05, 0.1) is 12.7 Å². The Morgan fingerprint density at radius 2 is 1.82 bits per heavy atom. The van der Waals surface area contributed by atoms with E-state index in [9.17, 15) is 0 Å². The summed E-state index contributed by atoms with van der Waals surface area (Å²) in [5.41, 5.74) is 1.94. The number of hydrogen-bond donors (Lipinski definition) is 0. The Kier molecular flexibility index (Phi) is 3.27. The van der Waals surface area contributed by atoms with Crippen LogP contribution >= 0.6 is 0 Å². The molecule has 1 heterocycles. The monoisotopic (exact) mass is 230 g/mol. The minimum Gasteiger partial charge on any atom is -0.496 e. The van der Waals surface area contributed by atoms with Gasteiger partial charge in [0.25, 0.3) is 0 Å². The molecule has 88 valence electrons. The fraction of sp³-hybridized carbons (Fsp3) is 0.333. The molecule has 0 fully saturated rings. The highest BCUT2D eigenvalue weighted by Gasteiger charge is 2.15. The Balaban J connectivity index is 2.59. The summed E-state index contributed by atoms with van der Waals surface area (Å²) in [5, 5.41) is 15.4. The van der Waals surface area contributed by atoms with Crippen molar-refractivity contribution in [2.24, 2.45) is 0 Å². The molecule has 0 saturated carbocycles. The average molecular weight is 230 g/mol. The van der Waals surface area contributed by atoms with Crippen molar-refractivity contribution in [3.05, 3.63) is 30.1 Å². The minimum atomic E-state index is 0.370. The molecule has 2 rings (SSSR count). The number of rotatable bonds is 3. The van der Waals surface area contributed by atoms with Crippen molar-refractivity contribution < 1.29 is 4.74 Å². The first-order chi connectivity index (χ1) is 8.24. The molecule has 0 atom stereocenters. The van der Waals surface area contributed by atoms with Crippen LogP contribution in [0.25, 0.3) is 11.4 Å². The number of ether oxygens (including phenoxy) is 1. The number of benzene rings is 1. The maximum atomic E-state index is 5.46. The number of methoxy groups -OCH3 is 1. The molecule has 0 amide bonds. The van der Waals surface area contributed by atoms with Crippen molar-refractivity contribution >= 4 is 0 Å². The van der Waals surface area contributed by atoms with Gasteiger partial charge in [0.2, 0.25) is 5.82 Å². The molecule has 0 aliphatic carbocycles. The molecule has 0 aliphatic rings. The van der Waals surface area contributed by atoms with E-state index in [2.05, 4.69) is 34.2 Å². The SMILES string of the molecule is COc1c(-c2nncnn2)cccc1C(C)C. The Hall–Kier alpha value is -2.04. The summed E-state index contributed by atoms with van der Waals surface area (Å²) >= 11 is 0. The lowest BCUT2D eigenvalue weighted by molar-refractivity contribution is 0.409. The maximum absolute atomic E-state index is 5.46. The van der Waals surface area contributed by atoms with Crippen LogP contribution in [-0.2, 0) is 0 Å². The van der Waals surface area contributed by atoms with E-state index in [4.69, 9.17) is 4.74 Å². The number of aromatic nitrogens is 4. The van der Waals surface area contributed by atoms with Crippen molar-refractivity contribution in [2.75, 3.05) is 7.11 Å². The molecular weight excluding hydrogens is 216 g/mol. The molecule has 0 unspecified atom stereocenters. The van der Waals surface area contributed by atoms with Crippen LogP contribution in [0.2, 0.25) is 0 Å². The second kappa shape index (κ2) is 4.86. The second-order valence-corrected chi connectivity index (χ2v) is 3.95. The van der Waals surface area contributed by atoms with Crippen molar-refractivity contribution in [3.63, 3.8) is 0 Å². The standard InChI is InChI=1S/C12H14N4O/c1-8(2)9-5-4-6-10(11(9)17-3)12-15-13-7-14-16-12/h4-8H,1-3H3. The summed E-state index contributed by atoms with van der Waals surface area (Å²) in [6, 6.07) is 5.91. The molecule has 2 aromatic rings. The highest BCUT2D eigenvalue weighted by Crippen LogP contribution is 2.34. The predicted molar refractivity (Wildman–Crippen MR) is 63.7 cm³/mol. The first-order valence-corrected chi connectivity index (χ1v) is 5.41. The van der Waals surface area contributed by atoms with Gasteiger partial charge < -0.3 is 4.74 Å². The highest BCUT2D eigenvalue weighted by molar-refractivity contribution is 5.66. The van der Waals surface area contributed by atoms with E-state index in [-0.39, 0.29) is 0 Å². The van der Waals surface area contributed by atoms with E-state index in [1.165, 1.54) is 6.33 Å². The van der Waals surface area contributed by atoms with E-state index in [1.54, 1.807) is 7.11 Å². The van der Waals surface area contributed by atoms with Crippen LogP contribution in [0.4, 0.5) is 0 Å². The lowest BCUT2D eigenvalue weighted by atomic mass is 9.99. The van der Waals surface area contributed by atoms with Gasteiger partial charge >= 0.3 is 0 Å². The fourth-order valence-electron chi connectivity index (χ4n) is 1.73. The molecule has 5 nitrogen and oxygen atoms in total. The summed E-state index contributed by atoms with van der Waals surface area (Å²) < 4.78 is 5.46. The third-order valence-electron chi connectivity index (χ3n) is 2.52. The van der Waals surface area contributed by atoms with Gasteiger partial charge in [-0.3, -0.25) is 0 Å². The van der Waals surface area contributed by atoms with E-state index >= 15 is 0 Å². The van der Waals surface area contributed by atoms with Crippen LogP contribution < -0.4 is 4.74 Å². The van der Waals surface area contributed by atoms with Crippen LogP contribution in [0.5, 0.6) is 5.75 Å². The van der Waals surface area contributed by atoms with Crippen LogP contribution in [0.3, 0.4) is 0 Å². The Morgan fingerprint density at radius 1 is 1.12 bits per heavy atom. The Bertz CT molecular complexity index is 499. The van der Waals surface area contributed by atoms with Crippen LogP contribution in [0.15, 0.2) is 24.5 Å². The van der Waals surface area contributed by atoms with Crippen molar-refractivity contribution in [1.29, 1.82) is 0 Å². The largest absolute Gasteiger partial charge is 0.496 e. The van der Waals surface area contributed by atoms with Gasteiger partial charge in [0.15, 0.2) is 6.33 Å². The van der Waals surface area contributed by atoms with Gasteiger partial charge in [-0.1, -0.05) is 26.0 Å². The molecule has 5 heteroatoms. The molecule has 0 N–H and O–H groups in total. The lowest BCUT2D eigenvalue weighted by Crippen LogP contribution is -2.00. The molecule has 0 radical (unpaired) electrons. The van der Waals surface area contributed by atoms with E-state index < -0.39 is 0 Å². The van der Waals surface area contributed by atoms with Gasteiger partial charge in [-0.15, -0.1) is 20.4 Å². The molecular formula is C12H14N4O. The average Bonchev–Trinajstić information content (AvgIpc) is 2.38. The molecule has 0 saturated heterocycles. The summed E-state index contributed by atoms with van der Waals surface area (Å²) in [5.74, 6) is 1.64. The summed E-state index contributed by atoms with van der Waals surface area (Å²) in [7, 11) is 1.65. The fourth-order valence-corrected chi connectivity index (χ4v) is 1.73. The minimum absolute atomic E-state index is 0.370. The van der Waals surface area contributed by atoms with Crippen molar-refractivity contribution in [3.8, 4) is 17.1 Å². The van der Waals surface area contributed by atoms with Gasteiger partial charge in [-0.2, -0.15) is 0 Å². The molecule has 0 aliphatic heterocycles. The van der Waals surface area contributed by atoms with Gasteiger partial charge in [0, 0.05) is 0 Å². The first kappa shape index (κ1) is 11.4. The van der Waals surface area contributed by atoms with Crippen molar-refractivity contribution in [2.45, 2.75) is 19.8 Å². The zero-order chi connectivity index (χ0) is 12.3. The zero-order valence-electron chi connectivity index (χ0n) is 10.1. The summed E-state index contributed by atoms with van der Waals surface area (Å²) in [6.45, 7) is 4.23.